The summed E-state index contributed by atoms with van der Waals surface area (Å²) in [5, 5.41) is 17.4. The first-order chi connectivity index (χ1) is 7.71. The van der Waals surface area contributed by atoms with Gasteiger partial charge in [0.1, 0.15) is 18.4 Å². The Morgan fingerprint density at radius 2 is 2.31 bits per heavy atom. The Labute approximate surface area is 94.1 Å². The van der Waals surface area contributed by atoms with Crippen LogP contribution < -0.4 is 4.74 Å². The lowest BCUT2D eigenvalue weighted by Gasteiger charge is -2.10. The minimum atomic E-state index is -1.42. The van der Waals surface area contributed by atoms with Gasteiger partial charge in [0.05, 0.1) is 12.2 Å². The van der Waals surface area contributed by atoms with Crippen molar-refractivity contribution in [2.45, 2.75) is 19.5 Å². The molecule has 0 aliphatic heterocycles. The Hall–Kier alpha value is -1.60. The van der Waals surface area contributed by atoms with Gasteiger partial charge in [-0.15, -0.1) is 0 Å². The zero-order valence-electron chi connectivity index (χ0n) is 9.11. The van der Waals surface area contributed by atoms with Crippen molar-refractivity contribution in [2.75, 3.05) is 13.2 Å². The van der Waals surface area contributed by atoms with E-state index in [9.17, 15) is 4.39 Å². The molecule has 1 rings (SSSR count). The summed E-state index contributed by atoms with van der Waals surface area (Å²) >= 11 is 0. The lowest BCUT2D eigenvalue weighted by Crippen LogP contribution is -2.17. The van der Waals surface area contributed by atoms with Crippen LogP contribution in [0.15, 0.2) is 18.2 Å². The number of benzene rings is 1. The van der Waals surface area contributed by atoms with Crippen molar-refractivity contribution < 1.29 is 14.2 Å². The number of rotatable bonds is 5. The zero-order valence-corrected chi connectivity index (χ0v) is 9.11. The molecule has 1 atom stereocenters. The molecule has 0 heterocycles. The summed E-state index contributed by atoms with van der Waals surface area (Å²) < 4.78 is 17.9. The van der Waals surface area contributed by atoms with Gasteiger partial charge in [-0.25, -0.2) is 4.39 Å². The summed E-state index contributed by atoms with van der Waals surface area (Å²) in [6.07, 6.45) is -0.588. The maximum absolute atomic E-state index is 12.7. The molecule has 0 saturated carbocycles. The van der Waals surface area contributed by atoms with Crippen LogP contribution in [0.3, 0.4) is 0 Å². The van der Waals surface area contributed by atoms with Crippen LogP contribution in [-0.4, -0.2) is 24.5 Å². The Bertz CT molecular complexity index is 387. The molecule has 0 fully saturated rings. The Morgan fingerprint density at radius 3 is 2.88 bits per heavy atom. The number of ether oxygens (including phenoxy) is 1. The number of hydrogen-bond donors (Lipinski definition) is 1. The van der Waals surface area contributed by atoms with E-state index >= 15 is 0 Å². The highest BCUT2D eigenvalue weighted by molar-refractivity contribution is 5.45. The molecule has 0 aliphatic rings. The number of nitrogens with zero attached hydrogens (tertiary/aromatic N) is 1. The molecular formula is C12H14FNO2. The van der Waals surface area contributed by atoms with Gasteiger partial charge >= 0.3 is 0 Å². The number of halogens is 1. The fourth-order valence-electron chi connectivity index (χ4n) is 1.24. The largest absolute Gasteiger partial charge is 0.489 e. The van der Waals surface area contributed by atoms with E-state index < -0.39 is 12.8 Å². The van der Waals surface area contributed by atoms with E-state index in [1.165, 1.54) is 0 Å². The number of aliphatic hydroxyl groups excluding tert-OH is 1. The van der Waals surface area contributed by atoms with E-state index in [1.54, 1.807) is 12.1 Å². The highest BCUT2D eigenvalue weighted by Crippen LogP contribution is 2.20. The third-order valence-electron chi connectivity index (χ3n) is 2.19. The van der Waals surface area contributed by atoms with Crippen LogP contribution in [0.1, 0.15) is 18.1 Å². The third kappa shape index (κ3) is 3.21. The van der Waals surface area contributed by atoms with Crippen molar-refractivity contribution in [3.8, 4) is 11.8 Å². The lowest BCUT2D eigenvalue weighted by molar-refractivity contribution is 0.123. The summed E-state index contributed by atoms with van der Waals surface area (Å²) in [6.45, 7) is 1.17. The highest BCUT2D eigenvalue weighted by Gasteiger charge is 2.08. The standard InChI is InChI=1S/C12H14FNO2/c1-2-9-3-4-12(10(5-9)6-14)16-8-11(13)7-15/h3-5,11,15H,2,7-8H2,1H3/t11-/m0/s1. The summed E-state index contributed by atoms with van der Waals surface area (Å²) in [6, 6.07) is 7.22. The Balaban J connectivity index is 2.77. The summed E-state index contributed by atoms with van der Waals surface area (Å²) in [5.74, 6) is 0.357. The number of aryl methyl sites for hydroxylation is 1. The van der Waals surface area contributed by atoms with Crippen molar-refractivity contribution in [1.29, 1.82) is 5.26 Å². The maximum atomic E-state index is 12.7. The summed E-state index contributed by atoms with van der Waals surface area (Å²) in [5.41, 5.74) is 1.42. The predicted molar refractivity (Wildman–Crippen MR) is 58.0 cm³/mol. The van der Waals surface area contributed by atoms with E-state index in [2.05, 4.69) is 0 Å². The summed E-state index contributed by atoms with van der Waals surface area (Å²) in [4.78, 5) is 0. The van der Waals surface area contributed by atoms with Crippen LogP contribution in [0, 0.1) is 11.3 Å². The molecule has 16 heavy (non-hydrogen) atoms. The number of nitriles is 1. The average molecular weight is 223 g/mol. The smallest absolute Gasteiger partial charge is 0.157 e. The zero-order chi connectivity index (χ0) is 12.0. The first-order valence-electron chi connectivity index (χ1n) is 5.12. The Kier molecular flexibility index (Phi) is 4.74. The molecular weight excluding hydrogens is 209 g/mol. The maximum Gasteiger partial charge on any atom is 0.157 e. The lowest BCUT2D eigenvalue weighted by atomic mass is 10.1. The first-order valence-corrected chi connectivity index (χ1v) is 5.12. The number of alkyl halides is 1. The Morgan fingerprint density at radius 1 is 1.56 bits per heavy atom. The molecule has 0 bridgehead atoms. The fraction of sp³-hybridized carbons (Fsp3) is 0.417. The van der Waals surface area contributed by atoms with Crippen molar-refractivity contribution in [3.63, 3.8) is 0 Å². The molecule has 86 valence electrons. The van der Waals surface area contributed by atoms with E-state index in [0.29, 0.717) is 11.3 Å². The molecule has 1 aromatic rings. The van der Waals surface area contributed by atoms with Gasteiger partial charge in [0.25, 0.3) is 0 Å². The van der Waals surface area contributed by atoms with Crippen LogP contribution in [-0.2, 0) is 6.42 Å². The molecule has 0 saturated heterocycles. The molecule has 1 aromatic carbocycles. The van der Waals surface area contributed by atoms with E-state index in [-0.39, 0.29) is 6.61 Å². The van der Waals surface area contributed by atoms with Gasteiger partial charge in [-0.2, -0.15) is 5.26 Å². The second-order valence-corrected chi connectivity index (χ2v) is 3.39. The van der Waals surface area contributed by atoms with Crippen LogP contribution >= 0.6 is 0 Å². The molecule has 0 radical (unpaired) electrons. The average Bonchev–Trinajstić information content (AvgIpc) is 2.35. The molecule has 0 unspecified atom stereocenters. The number of hydrogen-bond acceptors (Lipinski definition) is 3. The van der Waals surface area contributed by atoms with Crippen molar-refractivity contribution >= 4 is 0 Å². The quantitative estimate of drug-likeness (QED) is 0.828. The molecule has 3 nitrogen and oxygen atoms in total. The van der Waals surface area contributed by atoms with Crippen LogP contribution in [0.4, 0.5) is 4.39 Å². The van der Waals surface area contributed by atoms with Crippen LogP contribution in [0.2, 0.25) is 0 Å². The SMILES string of the molecule is CCc1ccc(OC[C@@H](F)CO)c(C#N)c1. The molecule has 0 aromatic heterocycles. The topological polar surface area (TPSA) is 53.2 Å². The van der Waals surface area contributed by atoms with Gasteiger partial charge in [0.2, 0.25) is 0 Å². The van der Waals surface area contributed by atoms with Crippen molar-refractivity contribution in [3.05, 3.63) is 29.3 Å². The van der Waals surface area contributed by atoms with Gasteiger partial charge in [-0.05, 0) is 24.1 Å². The van der Waals surface area contributed by atoms with Gasteiger partial charge in [0, 0.05) is 0 Å². The summed E-state index contributed by atoms with van der Waals surface area (Å²) in [7, 11) is 0. The second kappa shape index (κ2) is 6.09. The molecule has 4 heteroatoms. The van der Waals surface area contributed by atoms with E-state index in [0.717, 1.165) is 12.0 Å². The first kappa shape index (κ1) is 12.5. The molecule has 0 spiro atoms. The van der Waals surface area contributed by atoms with Crippen molar-refractivity contribution in [1.82, 2.24) is 0 Å². The normalized spacial score (nSPS) is 11.9. The van der Waals surface area contributed by atoms with Gasteiger partial charge in [0.15, 0.2) is 6.17 Å². The van der Waals surface area contributed by atoms with Gasteiger partial charge in [-0.1, -0.05) is 13.0 Å². The third-order valence-corrected chi connectivity index (χ3v) is 2.19. The second-order valence-electron chi connectivity index (χ2n) is 3.39. The number of aliphatic hydroxyl groups is 1. The molecule has 1 N–H and O–H groups in total. The van der Waals surface area contributed by atoms with E-state index in [4.69, 9.17) is 15.1 Å². The van der Waals surface area contributed by atoms with Gasteiger partial charge < -0.3 is 9.84 Å². The molecule has 0 amide bonds. The fourth-order valence-corrected chi connectivity index (χ4v) is 1.24. The predicted octanol–water partition coefficient (Wildman–Crippen LogP) is 1.83. The van der Waals surface area contributed by atoms with E-state index in [1.807, 2.05) is 19.1 Å². The molecule has 0 aliphatic carbocycles. The van der Waals surface area contributed by atoms with Crippen LogP contribution in [0.5, 0.6) is 5.75 Å². The van der Waals surface area contributed by atoms with Crippen LogP contribution in [0.25, 0.3) is 0 Å². The highest BCUT2D eigenvalue weighted by atomic mass is 19.1. The minimum absolute atomic E-state index is 0.239. The van der Waals surface area contributed by atoms with Crippen molar-refractivity contribution in [2.24, 2.45) is 0 Å². The minimum Gasteiger partial charge on any atom is -0.489 e. The van der Waals surface area contributed by atoms with Gasteiger partial charge in [-0.3, -0.25) is 0 Å². The monoisotopic (exact) mass is 223 g/mol.